The summed E-state index contributed by atoms with van der Waals surface area (Å²) < 4.78 is 11.4. The van der Waals surface area contributed by atoms with E-state index < -0.39 is 0 Å². The van der Waals surface area contributed by atoms with E-state index in [4.69, 9.17) is 9.47 Å². The fourth-order valence-corrected chi connectivity index (χ4v) is 4.80. The monoisotopic (exact) mass is 464 g/mol. The Morgan fingerprint density at radius 2 is 1.88 bits per heavy atom. The average Bonchev–Trinajstić information content (AvgIpc) is 3.38. The minimum atomic E-state index is -0.237. The van der Waals surface area contributed by atoms with Gasteiger partial charge in [0.1, 0.15) is 12.4 Å². The molecule has 1 atom stereocenters. The van der Waals surface area contributed by atoms with E-state index in [2.05, 4.69) is 66.5 Å². The number of aromatic nitrogens is 1. The van der Waals surface area contributed by atoms with E-state index in [1.54, 1.807) is 10.4 Å². The van der Waals surface area contributed by atoms with Gasteiger partial charge in [0.25, 0.3) is 0 Å². The number of amides is 1. The molecule has 0 radical (unpaired) electrons. The number of rotatable bonds is 9. The van der Waals surface area contributed by atoms with Gasteiger partial charge in [0, 0.05) is 18.5 Å². The van der Waals surface area contributed by atoms with Crippen molar-refractivity contribution in [2.24, 2.45) is 5.92 Å². The molecule has 0 bridgehead atoms. The van der Waals surface area contributed by atoms with Crippen LogP contribution in [-0.2, 0) is 17.8 Å². The number of thiazole rings is 1. The van der Waals surface area contributed by atoms with Crippen LogP contribution in [0.15, 0.2) is 65.5 Å². The van der Waals surface area contributed by atoms with E-state index in [-0.39, 0.29) is 12.7 Å². The van der Waals surface area contributed by atoms with E-state index in [0.717, 1.165) is 50.2 Å². The summed E-state index contributed by atoms with van der Waals surface area (Å²) in [5.74, 6) is 1.98. The predicted molar refractivity (Wildman–Crippen MR) is 132 cm³/mol. The highest BCUT2D eigenvalue weighted by molar-refractivity contribution is 7.07. The third-order valence-corrected chi connectivity index (χ3v) is 6.96. The average molecular weight is 465 g/mol. The molecule has 1 unspecified atom stereocenters. The topological polar surface area (TPSA) is 51.7 Å². The second kappa shape index (κ2) is 11.8. The van der Waals surface area contributed by atoms with Gasteiger partial charge in [-0.15, -0.1) is 11.3 Å². The summed E-state index contributed by atoms with van der Waals surface area (Å²) in [4.78, 5) is 18.2. The number of benzene rings is 2. The molecule has 174 valence electrons. The maximum absolute atomic E-state index is 12.2. The summed E-state index contributed by atoms with van der Waals surface area (Å²) in [6.45, 7) is 4.71. The van der Waals surface area contributed by atoms with Crippen LogP contribution < -0.4 is 4.74 Å². The van der Waals surface area contributed by atoms with Crippen LogP contribution in [0.1, 0.15) is 48.9 Å². The zero-order valence-corrected chi connectivity index (χ0v) is 20.0. The Balaban J connectivity index is 1.13. The molecule has 2 heterocycles. The van der Waals surface area contributed by atoms with Crippen molar-refractivity contribution in [2.45, 2.75) is 45.1 Å². The maximum atomic E-state index is 12.2. The zero-order chi connectivity index (χ0) is 22.9. The van der Waals surface area contributed by atoms with Crippen LogP contribution in [0.2, 0.25) is 0 Å². The molecule has 5 nitrogen and oxygen atoms in total. The molecule has 1 aliphatic rings. The number of ether oxygens (including phenoxy) is 2. The van der Waals surface area contributed by atoms with Crippen LogP contribution in [0.4, 0.5) is 4.79 Å². The van der Waals surface area contributed by atoms with Crippen molar-refractivity contribution in [1.82, 2.24) is 9.88 Å². The van der Waals surface area contributed by atoms with Gasteiger partial charge in [-0.05, 0) is 60.8 Å². The molecule has 0 N–H and O–H groups in total. The van der Waals surface area contributed by atoms with Crippen LogP contribution in [0, 0.1) is 5.92 Å². The Morgan fingerprint density at radius 3 is 2.58 bits per heavy atom. The summed E-state index contributed by atoms with van der Waals surface area (Å²) in [6.07, 6.45) is 3.79. The van der Waals surface area contributed by atoms with E-state index >= 15 is 0 Å². The Kier molecular flexibility index (Phi) is 8.36. The lowest BCUT2D eigenvalue weighted by atomic mass is 9.93. The van der Waals surface area contributed by atoms with Gasteiger partial charge in [-0.3, -0.25) is 0 Å². The first-order valence-electron chi connectivity index (χ1n) is 11.7. The molecule has 1 fully saturated rings. The molecule has 0 aliphatic carbocycles. The second-order valence-corrected chi connectivity index (χ2v) is 9.48. The first kappa shape index (κ1) is 23.3. The normalized spacial score (nSPS) is 15.2. The molecule has 3 aromatic rings. The smallest absolute Gasteiger partial charge is 0.410 e. The Labute approximate surface area is 200 Å². The summed E-state index contributed by atoms with van der Waals surface area (Å²) in [5.41, 5.74) is 5.25. The van der Waals surface area contributed by atoms with Crippen molar-refractivity contribution in [3.8, 4) is 5.75 Å². The minimum Gasteiger partial charge on any atom is -0.494 e. The molecule has 4 rings (SSSR count). The van der Waals surface area contributed by atoms with Crippen molar-refractivity contribution in [2.75, 3.05) is 19.7 Å². The third-order valence-electron chi connectivity index (χ3n) is 6.33. The number of hydrogen-bond donors (Lipinski definition) is 0. The number of carbonyl (C=O) groups excluding carboxylic acids is 1. The van der Waals surface area contributed by atoms with Gasteiger partial charge in [-0.2, -0.15) is 0 Å². The van der Waals surface area contributed by atoms with E-state index in [1.165, 1.54) is 22.5 Å². The summed E-state index contributed by atoms with van der Waals surface area (Å²) in [7, 11) is 0. The molecule has 0 saturated carbocycles. The third kappa shape index (κ3) is 7.06. The predicted octanol–water partition coefficient (Wildman–Crippen LogP) is 6.31. The van der Waals surface area contributed by atoms with Crippen LogP contribution >= 0.6 is 11.3 Å². The van der Waals surface area contributed by atoms with Crippen molar-refractivity contribution in [1.29, 1.82) is 0 Å². The molecule has 1 saturated heterocycles. The molecule has 1 aromatic heterocycles. The van der Waals surface area contributed by atoms with Crippen molar-refractivity contribution >= 4 is 17.4 Å². The number of nitrogens with zero attached hydrogens (tertiary/aromatic N) is 2. The van der Waals surface area contributed by atoms with Crippen LogP contribution in [0.3, 0.4) is 0 Å². The Hall–Kier alpha value is -2.86. The van der Waals surface area contributed by atoms with Gasteiger partial charge in [0.2, 0.25) is 0 Å². The van der Waals surface area contributed by atoms with Crippen molar-refractivity contribution in [3.63, 3.8) is 0 Å². The standard InChI is InChI=1S/C27H32N2O3S/c1-21(17-23-5-3-2-4-6-23)24-7-9-26(10-8-24)31-16-13-22-11-14-29(15-12-22)27(30)32-18-25-19-33-20-28-25/h2-10,19-22H,11-18H2,1H3. The van der Waals surface area contributed by atoms with E-state index in [1.807, 2.05) is 5.38 Å². The van der Waals surface area contributed by atoms with Crippen molar-refractivity contribution in [3.05, 3.63) is 82.3 Å². The lowest BCUT2D eigenvalue weighted by Crippen LogP contribution is -2.39. The molecule has 1 aliphatic heterocycles. The second-order valence-electron chi connectivity index (χ2n) is 8.76. The van der Waals surface area contributed by atoms with Gasteiger partial charge >= 0.3 is 6.09 Å². The van der Waals surface area contributed by atoms with Crippen LogP contribution in [0.5, 0.6) is 5.75 Å². The maximum Gasteiger partial charge on any atom is 0.410 e. The van der Waals surface area contributed by atoms with Gasteiger partial charge in [0.05, 0.1) is 17.8 Å². The van der Waals surface area contributed by atoms with Crippen LogP contribution in [-0.4, -0.2) is 35.7 Å². The fraction of sp³-hybridized carbons (Fsp3) is 0.407. The minimum absolute atomic E-state index is 0.237. The highest BCUT2D eigenvalue weighted by Crippen LogP contribution is 2.25. The quantitative estimate of drug-likeness (QED) is 0.372. The van der Waals surface area contributed by atoms with E-state index in [9.17, 15) is 4.79 Å². The Morgan fingerprint density at radius 1 is 1.12 bits per heavy atom. The first-order valence-corrected chi connectivity index (χ1v) is 12.7. The number of hydrogen-bond acceptors (Lipinski definition) is 5. The molecular formula is C27H32N2O3S. The molecule has 33 heavy (non-hydrogen) atoms. The number of carbonyl (C=O) groups is 1. The molecule has 6 heteroatoms. The molecule has 1 amide bonds. The van der Waals surface area contributed by atoms with Crippen molar-refractivity contribution < 1.29 is 14.3 Å². The summed E-state index contributed by atoms with van der Waals surface area (Å²) >= 11 is 1.51. The molecular weight excluding hydrogens is 432 g/mol. The number of likely N-dealkylation sites (tertiary alicyclic amines) is 1. The van der Waals surface area contributed by atoms with Gasteiger partial charge in [-0.1, -0.05) is 49.4 Å². The highest BCUT2D eigenvalue weighted by Gasteiger charge is 2.23. The molecule has 2 aromatic carbocycles. The lowest BCUT2D eigenvalue weighted by molar-refractivity contribution is 0.0792. The number of piperidine rings is 1. The molecule has 0 spiro atoms. The zero-order valence-electron chi connectivity index (χ0n) is 19.2. The lowest BCUT2D eigenvalue weighted by Gasteiger charge is -2.31. The van der Waals surface area contributed by atoms with E-state index in [0.29, 0.717) is 18.4 Å². The van der Waals surface area contributed by atoms with Gasteiger partial charge in [-0.25, -0.2) is 9.78 Å². The SMILES string of the molecule is CC(Cc1ccccc1)c1ccc(OCCC2CCN(C(=O)OCc3cscn3)CC2)cc1. The Bertz CT molecular complexity index is 968. The highest BCUT2D eigenvalue weighted by atomic mass is 32.1. The largest absolute Gasteiger partial charge is 0.494 e. The van der Waals surface area contributed by atoms with Gasteiger partial charge in [0.15, 0.2) is 0 Å². The van der Waals surface area contributed by atoms with Gasteiger partial charge < -0.3 is 14.4 Å². The summed E-state index contributed by atoms with van der Waals surface area (Å²) in [5, 5.41) is 1.90. The summed E-state index contributed by atoms with van der Waals surface area (Å²) in [6, 6.07) is 19.1. The van der Waals surface area contributed by atoms with Crippen LogP contribution in [0.25, 0.3) is 0 Å². The first-order chi connectivity index (χ1) is 16.2. The fourth-order valence-electron chi connectivity index (χ4n) is 4.26.